The Morgan fingerprint density at radius 1 is 1.00 bits per heavy atom. The van der Waals surface area contributed by atoms with E-state index < -0.39 is 11.6 Å². The van der Waals surface area contributed by atoms with Crippen LogP contribution in [0.4, 0.5) is 14.5 Å². The molecule has 4 rings (SSSR count). The molecule has 0 bridgehead atoms. The molecule has 0 saturated carbocycles. The van der Waals surface area contributed by atoms with Gasteiger partial charge in [0.2, 0.25) is 0 Å². The summed E-state index contributed by atoms with van der Waals surface area (Å²) in [4.78, 5) is 14.6. The van der Waals surface area contributed by atoms with E-state index in [1.54, 1.807) is 24.3 Å². The number of carbonyl (C=O) groups is 1. The maximum atomic E-state index is 13.5. The predicted octanol–water partition coefficient (Wildman–Crippen LogP) is 4.80. The van der Waals surface area contributed by atoms with E-state index in [2.05, 4.69) is 5.32 Å². The highest BCUT2D eigenvalue weighted by molar-refractivity contribution is 5.94. The zero-order valence-electron chi connectivity index (χ0n) is 17.1. The first kappa shape index (κ1) is 20.8. The minimum Gasteiger partial charge on any atom is -0.489 e. The number of amides is 1. The smallest absolute Gasteiger partial charge is 0.251 e. The summed E-state index contributed by atoms with van der Waals surface area (Å²) in [6.45, 7) is 2.39. The van der Waals surface area contributed by atoms with Crippen molar-refractivity contribution in [3.05, 3.63) is 95.6 Å². The first-order valence-electron chi connectivity index (χ1n) is 10.3. The minimum atomic E-state index is -0.846. The van der Waals surface area contributed by atoms with Crippen LogP contribution in [0.2, 0.25) is 0 Å². The van der Waals surface area contributed by atoms with E-state index in [4.69, 9.17) is 4.74 Å². The molecule has 1 amide bonds. The molecule has 0 radical (unpaired) electrons. The quantitative estimate of drug-likeness (QED) is 0.595. The number of anilines is 1. The van der Waals surface area contributed by atoms with Gasteiger partial charge in [0, 0.05) is 37.0 Å². The molecule has 1 atom stereocenters. The van der Waals surface area contributed by atoms with E-state index in [0.29, 0.717) is 36.7 Å². The first-order valence-corrected chi connectivity index (χ1v) is 10.3. The SMILES string of the molecule is O=C(NCC1CCN(c2ccc(F)c(F)c2)C1)c1cccc(OCc2ccccc2)c1. The number of ether oxygens (including phenoxy) is 1. The molecule has 1 saturated heterocycles. The minimum absolute atomic E-state index is 0.156. The van der Waals surface area contributed by atoms with Crippen LogP contribution in [0.25, 0.3) is 0 Å². The number of carbonyl (C=O) groups excluding carboxylic acids is 1. The molecule has 0 aromatic heterocycles. The lowest BCUT2D eigenvalue weighted by Gasteiger charge is -2.19. The molecule has 0 aliphatic carbocycles. The van der Waals surface area contributed by atoms with E-state index in [0.717, 1.165) is 24.6 Å². The van der Waals surface area contributed by atoms with Crippen molar-refractivity contribution in [3.8, 4) is 5.75 Å². The van der Waals surface area contributed by atoms with Gasteiger partial charge in [0.05, 0.1) is 0 Å². The second-order valence-corrected chi connectivity index (χ2v) is 7.71. The van der Waals surface area contributed by atoms with Crippen molar-refractivity contribution >= 4 is 11.6 Å². The molecule has 1 heterocycles. The predicted molar refractivity (Wildman–Crippen MR) is 116 cm³/mol. The van der Waals surface area contributed by atoms with Gasteiger partial charge in [0.25, 0.3) is 5.91 Å². The largest absolute Gasteiger partial charge is 0.489 e. The van der Waals surface area contributed by atoms with Crippen LogP contribution in [0.3, 0.4) is 0 Å². The average molecular weight is 422 g/mol. The van der Waals surface area contributed by atoms with Gasteiger partial charge in [-0.3, -0.25) is 4.79 Å². The maximum Gasteiger partial charge on any atom is 0.251 e. The summed E-state index contributed by atoms with van der Waals surface area (Å²) in [6, 6.07) is 20.9. The summed E-state index contributed by atoms with van der Waals surface area (Å²) >= 11 is 0. The van der Waals surface area contributed by atoms with E-state index in [1.165, 1.54) is 6.07 Å². The van der Waals surface area contributed by atoms with Gasteiger partial charge in [-0.1, -0.05) is 36.4 Å². The fraction of sp³-hybridized carbons (Fsp3) is 0.240. The third-order valence-electron chi connectivity index (χ3n) is 5.45. The van der Waals surface area contributed by atoms with Gasteiger partial charge in [-0.15, -0.1) is 0 Å². The molecule has 4 nitrogen and oxygen atoms in total. The van der Waals surface area contributed by atoms with Gasteiger partial charge in [-0.05, 0) is 48.2 Å². The topological polar surface area (TPSA) is 41.6 Å². The number of rotatable bonds is 7. The number of hydrogen-bond donors (Lipinski definition) is 1. The van der Waals surface area contributed by atoms with Crippen molar-refractivity contribution in [1.82, 2.24) is 5.32 Å². The summed E-state index contributed by atoms with van der Waals surface area (Å²) in [5.41, 5.74) is 2.26. The molecule has 31 heavy (non-hydrogen) atoms. The van der Waals surface area contributed by atoms with Crippen molar-refractivity contribution in [2.75, 3.05) is 24.5 Å². The van der Waals surface area contributed by atoms with E-state index in [9.17, 15) is 13.6 Å². The lowest BCUT2D eigenvalue weighted by molar-refractivity contribution is 0.0947. The summed E-state index contributed by atoms with van der Waals surface area (Å²) in [7, 11) is 0. The molecule has 6 heteroatoms. The number of benzene rings is 3. The lowest BCUT2D eigenvalue weighted by Crippen LogP contribution is -2.31. The molecule has 160 valence electrons. The van der Waals surface area contributed by atoms with E-state index in [1.807, 2.05) is 41.3 Å². The third-order valence-corrected chi connectivity index (χ3v) is 5.45. The van der Waals surface area contributed by atoms with Gasteiger partial charge in [-0.2, -0.15) is 0 Å². The zero-order chi connectivity index (χ0) is 21.6. The molecule has 1 unspecified atom stereocenters. The second-order valence-electron chi connectivity index (χ2n) is 7.71. The standard InChI is InChI=1S/C25H24F2N2O2/c26-23-10-9-21(14-24(23)27)29-12-11-19(16-29)15-28-25(30)20-7-4-8-22(13-20)31-17-18-5-2-1-3-6-18/h1-10,13-14,19H,11-12,15-17H2,(H,28,30). The molecule has 1 N–H and O–H groups in total. The molecule has 1 fully saturated rings. The van der Waals surface area contributed by atoms with Crippen molar-refractivity contribution in [3.63, 3.8) is 0 Å². The normalized spacial score (nSPS) is 15.7. The van der Waals surface area contributed by atoms with Gasteiger partial charge in [0.15, 0.2) is 11.6 Å². The molecule has 1 aliphatic rings. The van der Waals surface area contributed by atoms with Crippen LogP contribution in [-0.2, 0) is 6.61 Å². The molecule has 3 aromatic carbocycles. The number of hydrogen-bond acceptors (Lipinski definition) is 3. The molecule has 3 aromatic rings. The van der Waals surface area contributed by atoms with Crippen LogP contribution in [0.15, 0.2) is 72.8 Å². The van der Waals surface area contributed by atoms with Gasteiger partial charge in [0.1, 0.15) is 12.4 Å². The summed E-state index contributed by atoms with van der Waals surface area (Å²) in [6.07, 6.45) is 0.875. The summed E-state index contributed by atoms with van der Waals surface area (Å²) in [5, 5.41) is 2.98. The van der Waals surface area contributed by atoms with Crippen LogP contribution >= 0.6 is 0 Å². The Hall–Kier alpha value is -3.41. The summed E-state index contributed by atoms with van der Waals surface area (Å²) in [5.74, 6) is -0.960. The van der Waals surface area contributed by atoms with Crippen molar-refractivity contribution < 1.29 is 18.3 Å². The Labute approximate surface area is 180 Å². The Bertz CT molecular complexity index is 1040. The maximum absolute atomic E-state index is 13.5. The van der Waals surface area contributed by atoms with Crippen LogP contribution in [0.5, 0.6) is 5.75 Å². The second kappa shape index (κ2) is 9.60. The van der Waals surface area contributed by atoms with Crippen molar-refractivity contribution in [1.29, 1.82) is 0 Å². The molecule has 1 aliphatic heterocycles. The van der Waals surface area contributed by atoms with Gasteiger partial charge in [-0.25, -0.2) is 8.78 Å². The average Bonchev–Trinajstić information content (AvgIpc) is 3.28. The van der Waals surface area contributed by atoms with E-state index >= 15 is 0 Å². The lowest BCUT2D eigenvalue weighted by atomic mass is 10.1. The highest BCUT2D eigenvalue weighted by Gasteiger charge is 2.24. The van der Waals surface area contributed by atoms with Crippen molar-refractivity contribution in [2.45, 2.75) is 13.0 Å². The Morgan fingerprint density at radius 3 is 2.65 bits per heavy atom. The third kappa shape index (κ3) is 5.40. The van der Waals surface area contributed by atoms with Crippen LogP contribution in [-0.4, -0.2) is 25.5 Å². The monoisotopic (exact) mass is 422 g/mol. The van der Waals surface area contributed by atoms with E-state index in [-0.39, 0.29) is 11.8 Å². The van der Waals surface area contributed by atoms with Crippen LogP contribution < -0.4 is 15.0 Å². The van der Waals surface area contributed by atoms with Crippen LogP contribution in [0.1, 0.15) is 22.3 Å². The van der Waals surface area contributed by atoms with Gasteiger partial charge >= 0.3 is 0 Å². The molecular weight excluding hydrogens is 398 g/mol. The van der Waals surface area contributed by atoms with Crippen LogP contribution in [0, 0.1) is 17.6 Å². The first-order chi connectivity index (χ1) is 15.1. The number of halogens is 2. The van der Waals surface area contributed by atoms with Gasteiger partial charge < -0.3 is 15.0 Å². The molecular formula is C25H24F2N2O2. The number of nitrogens with zero attached hydrogens (tertiary/aromatic N) is 1. The fourth-order valence-electron chi connectivity index (χ4n) is 3.72. The highest BCUT2D eigenvalue weighted by Crippen LogP contribution is 2.25. The molecule has 0 spiro atoms. The zero-order valence-corrected chi connectivity index (χ0v) is 17.1. The Morgan fingerprint density at radius 2 is 1.84 bits per heavy atom. The Kier molecular flexibility index (Phi) is 6.46. The highest BCUT2D eigenvalue weighted by atomic mass is 19.2. The summed E-state index contributed by atoms with van der Waals surface area (Å²) < 4.78 is 32.4. The van der Waals surface area contributed by atoms with Crippen molar-refractivity contribution in [2.24, 2.45) is 5.92 Å². The fourth-order valence-corrected chi connectivity index (χ4v) is 3.72. The Balaban J connectivity index is 1.28. The number of nitrogens with one attached hydrogen (secondary N) is 1.